The van der Waals surface area contributed by atoms with E-state index in [0.717, 1.165) is 10.2 Å². The molecule has 0 aliphatic heterocycles. The summed E-state index contributed by atoms with van der Waals surface area (Å²) >= 11 is 17.7. The summed E-state index contributed by atoms with van der Waals surface area (Å²) in [6, 6.07) is 10.3. The van der Waals surface area contributed by atoms with Crippen molar-refractivity contribution < 1.29 is 4.74 Å². The Labute approximate surface area is 152 Å². The van der Waals surface area contributed by atoms with Crippen LogP contribution in [-0.4, -0.2) is 14.8 Å². The highest BCUT2D eigenvalue weighted by molar-refractivity contribution is 6.32. The van der Waals surface area contributed by atoms with E-state index in [2.05, 4.69) is 10.1 Å². The molecule has 0 saturated carbocycles. The summed E-state index contributed by atoms with van der Waals surface area (Å²) in [5.41, 5.74) is 0.360. The molecule has 0 spiro atoms. The number of hydrogen-bond acceptors (Lipinski definition) is 4. The van der Waals surface area contributed by atoms with Gasteiger partial charge in [-0.15, -0.1) is 0 Å². The summed E-state index contributed by atoms with van der Waals surface area (Å²) in [4.78, 5) is 16.4. The summed E-state index contributed by atoms with van der Waals surface area (Å²) in [7, 11) is 0. The van der Waals surface area contributed by atoms with Gasteiger partial charge in [0.2, 0.25) is 0 Å². The van der Waals surface area contributed by atoms with Gasteiger partial charge in [0.1, 0.15) is 6.61 Å². The fourth-order valence-corrected chi connectivity index (χ4v) is 2.34. The molecule has 3 rings (SSSR count). The molecule has 0 radical (unpaired) electrons. The lowest BCUT2D eigenvalue weighted by Crippen LogP contribution is -2.22. The zero-order valence-electron chi connectivity index (χ0n) is 12.1. The van der Waals surface area contributed by atoms with Gasteiger partial charge in [-0.1, -0.05) is 46.9 Å². The SMILES string of the molecule is O=c1c(Cl)c(OCc2ccc(Cl)cc2)cnn1-c1ccc(Cl)cn1. The van der Waals surface area contributed by atoms with E-state index in [1.54, 1.807) is 24.3 Å². The summed E-state index contributed by atoms with van der Waals surface area (Å²) in [6.45, 7) is 0.237. The van der Waals surface area contributed by atoms with Crippen LogP contribution in [0.15, 0.2) is 53.6 Å². The Morgan fingerprint density at radius 1 is 0.958 bits per heavy atom. The maximum absolute atomic E-state index is 12.3. The highest BCUT2D eigenvalue weighted by Gasteiger charge is 2.12. The highest BCUT2D eigenvalue weighted by Crippen LogP contribution is 2.21. The number of aromatic nitrogens is 3. The van der Waals surface area contributed by atoms with Crippen LogP contribution in [0.1, 0.15) is 5.56 Å². The first-order valence-corrected chi connectivity index (χ1v) is 7.95. The fraction of sp³-hybridized carbons (Fsp3) is 0.0625. The average Bonchev–Trinajstić information content (AvgIpc) is 2.59. The molecule has 0 saturated heterocycles. The van der Waals surface area contributed by atoms with Crippen LogP contribution in [0.5, 0.6) is 5.75 Å². The molecule has 5 nitrogen and oxygen atoms in total. The van der Waals surface area contributed by atoms with Crippen LogP contribution < -0.4 is 10.3 Å². The Hall–Kier alpha value is -2.08. The smallest absolute Gasteiger partial charge is 0.295 e. The van der Waals surface area contributed by atoms with Crippen molar-refractivity contribution in [3.05, 3.63) is 79.8 Å². The van der Waals surface area contributed by atoms with Crippen molar-refractivity contribution in [2.24, 2.45) is 0 Å². The molecule has 1 aromatic carbocycles. The van der Waals surface area contributed by atoms with Gasteiger partial charge < -0.3 is 4.74 Å². The van der Waals surface area contributed by atoms with E-state index in [0.29, 0.717) is 15.9 Å². The minimum Gasteiger partial charge on any atom is -0.485 e. The average molecular weight is 383 g/mol. The molecule has 2 heterocycles. The van der Waals surface area contributed by atoms with Gasteiger partial charge in [0.05, 0.1) is 11.2 Å². The molecule has 0 bridgehead atoms. The molecule has 0 aliphatic carbocycles. The molecule has 0 amide bonds. The van der Waals surface area contributed by atoms with Gasteiger partial charge in [-0.3, -0.25) is 4.79 Å². The molecule has 122 valence electrons. The summed E-state index contributed by atoms with van der Waals surface area (Å²) in [5, 5.41) is 5.05. The van der Waals surface area contributed by atoms with Crippen molar-refractivity contribution in [1.82, 2.24) is 14.8 Å². The summed E-state index contributed by atoms with van der Waals surface area (Å²) < 4.78 is 6.64. The second kappa shape index (κ2) is 7.21. The van der Waals surface area contributed by atoms with Gasteiger partial charge in [0, 0.05) is 11.2 Å². The number of pyridine rings is 1. The van der Waals surface area contributed by atoms with Crippen LogP contribution in [-0.2, 0) is 6.61 Å². The van der Waals surface area contributed by atoms with E-state index >= 15 is 0 Å². The van der Waals surface area contributed by atoms with Crippen molar-refractivity contribution in [3.8, 4) is 11.6 Å². The number of halogens is 3. The third kappa shape index (κ3) is 3.70. The van der Waals surface area contributed by atoms with Crippen molar-refractivity contribution in [2.45, 2.75) is 6.61 Å². The van der Waals surface area contributed by atoms with Gasteiger partial charge in [0.25, 0.3) is 5.56 Å². The van der Waals surface area contributed by atoms with Crippen LogP contribution >= 0.6 is 34.8 Å². The molecule has 0 aliphatic rings. The second-order valence-electron chi connectivity index (χ2n) is 4.79. The van der Waals surface area contributed by atoms with Crippen molar-refractivity contribution in [2.75, 3.05) is 0 Å². The number of nitrogens with zero attached hydrogens (tertiary/aromatic N) is 3. The number of benzene rings is 1. The van der Waals surface area contributed by atoms with Crippen molar-refractivity contribution in [3.63, 3.8) is 0 Å². The molecule has 24 heavy (non-hydrogen) atoms. The Kier molecular flexibility index (Phi) is 5.04. The third-order valence-corrected chi connectivity index (χ3v) is 3.95. The Morgan fingerprint density at radius 3 is 2.33 bits per heavy atom. The molecule has 0 unspecified atom stereocenters. The predicted octanol–water partition coefficient (Wildman–Crippen LogP) is 4.17. The van der Waals surface area contributed by atoms with E-state index in [1.807, 2.05) is 12.1 Å². The van der Waals surface area contributed by atoms with E-state index in [-0.39, 0.29) is 17.4 Å². The summed E-state index contributed by atoms with van der Waals surface area (Å²) in [5.74, 6) is 0.511. The maximum Gasteiger partial charge on any atom is 0.295 e. The minimum absolute atomic E-state index is 0.0734. The first-order valence-electron chi connectivity index (χ1n) is 6.81. The topological polar surface area (TPSA) is 57.0 Å². The van der Waals surface area contributed by atoms with Crippen LogP contribution in [0.4, 0.5) is 0 Å². The molecule has 3 aromatic rings. The molecule has 2 aromatic heterocycles. The highest BCUT2D eigenvalue weighted by atomic mass is 35.5. The van der Waals surface area contributed by atoms with Crippen LogP contribution in [0.3, 0.4) is 0 Å². The largest absolute Gasteiger partial charge is 0.485 e. The standard InChI is InChI=1S/C16H10Cl3N3O2/c17-11-3-1-10(2-4-11)9-24-13-8-21-22(16(23)15(13)19)14-6-5-12(18)7-20-14/h1-8H,9H2. The van der Waals surface area contributed by atoms with Crippen LogP contribution in [0.25, 0.3) is 5.82 Å². The second-order valence-corrected chi connectivity index (χ2v) is 6.04. The van der Waals surface area contributed by atoms with Gasteiger partial charge in [-0.25, -0.2) is 4.98 Å². The van der Waals surface area contributed by atoms with E-state index in [4.69, 9.17) is 39.5 Å². The lowest BCUT2D eigenvalue weighted by Gasteiger charge is -2.09. The number of hydrogen-bond donors (Lipinski definition) is 0. The monoisotopic (exact) mass is 381 g/mol. The minimum atomic E-state index is -0.528. The van der Waals surface area contributed by atoms with Gasteiger partial charge in [-0.05, 0) is 29.8 Å². The number of rotatable bonds is 4. The summed E-state index contributed by atoms with van der Waals surface area (Å²) in [6.07, 6.45) is 2.79. The van der Waals surface area contributed by atoms with E-state index in [9.17, 15) is 4.79 Å². The zero-order valence-corrected chi connectivity index (χ0v) is 14.4. The van der Waals surface area contributed by atoms with Crippen molar-refractivity contribution >= 4 is 34.8 Å². The maximum atomic E-state index is 12.3. The van der Waals surface area contributed by atoms with Crippen LogP contribution in [0, 0.1) is 0 Å². The van der Waals surface area contributed by atoms with E-state index in [1.165, 1.54) is 12.4 Å². The van der Waals surface area contributed by atoms with Crippen molar-refractivity contribution in [1.29, 1.82) is 0 Å². The normalized spacial score (nSPS) is 10.6. The third-order valence-electron chi connectivity index (χ3n) is 3.12. The molecule has 0 atom stereocenters. The fourth-order valence-electron chi connectivity index (χ4n) is 1.92. The molecule has 0 N–H and O–H groups in total. The first-order chi connectivity index (χ1) is 11.5. The Morgan fingerprint density at radius 2 is 1.67 bits per heavy atom. The van der Waals surface area contributed by atoms with Gasteiger partial charge in [-0.2, -0.15) is 9.78 Å². The predicted molar refractivity (Wildman–Crippen MR) is 93.4 cm³/mol. The quantitative estimate of drug-likeness (QED) is 0.679. The number of ether oxygens (including phenoxy) is 1. The van der Waals surface area contributed by atoms with Gasteiger partial charge in [0.15, 0.2) is 16.6 Å². The lowest BCUT2D eigenvalue weighted by molar-refractivity contribution is 0.303. The molecule has 0 fully saturated rings. The lowest BCUT2D eigenvalue weighted by atomic mass is 10.2. The molecule has 8 heteroatoms. The first kappa shape index (κ1) is 16.8. The Bertz CT molecular complexity index is 909. The van der Waals surface area contributed by atoms with Gasteiger partial charge >= 0.3 is 0 Å². The molecular weight excluding hydrogens is 373 g/mol. The van der Waals surface area contributed by atoms with E-state index < -0.39 is 5.56 Å². The molecular formula is C16H10Cl3N3O2. The van der Waals surface area contributed by atoms with Crippen LogP contribution in [0.2, 0.25) is 15.1 Å². The Balaban J connectivity index is 1.83. The zero-order chi connectivity index (χ0) is 17.1.